The molecule has 0 fully saturated rings. The van der Waals surface area contributed by atoms with Crippen molar-refractivity contribution in [2.75, 3.05) is 20.3 Å². The number of esters is 1. The van der Waals surface area contributed by atoms with Crippen LogP contribution in [0.25, 0.3) is 0 Å². The number of hydrogen-bond donors (Lipinski definition) is 2. The van der Waals surface area contributed by atoms with Crippen LogP contribution in [-0.4, -0.2) is 43.5 Å². The first-order chi connectivity index (χ1) is 6.15. The Labute approximate surface area is 75.8 Å². The summed E-state index contributed by atoms with van der Waals surface area (Å²) in [6.07, 6.45) is -0.757. The van der Waals surface area contributed by atoms with Crippen LogP contribution in [0.1, 0.15) is 6.92 Å². The lowest BCUT2D eigenvalue weighted by atomic mass is 10.3. The second-order valence-corrected chi connectivity index (χ2v) is 2.12. The van der Waals surface area contributed by atoms with E-state index in [1.807, 2.05) is 0 Å². The first kappa shape index (κ1) is 11.7. The lowest BCUT2D eigenvalue weighted by Gasteiger charge is -2.12. The molecule has 0 saturated heterocycles. The van der Waals surface area contributed by atoms with Crippen molar-refractivity contribution in [1.82, 2.24) is 5.32 Å². The lowest BCUT2D eigenvalue weighted by Crippen LogP contribution is -2.44. The van der Waals surface area contributed by atoms with Crippen molar-refractivity contribution in [2.45, 2.75) is 13.0 Å². The SMILES string of the molecule is CCOC(=O)N[C@@H](CO)C(=O)OC. The maximum Gasteiger partial charge on any atom is 0.407 e. The molecule has 1 amide bonds. The third-order valence-electron chi connectivity index (χ3n) is 1.24. The Morgan fingerprint density at radius 3 is 2.54 bits per heavy atom. The number of rotatable bonds is 4. The van der Waals surface area contributed by atoms with Crippen LogP contribution in [0.2, 0.25) is 0 Å². The molecule has 0 aromatic rings. The molecule has 0 heterocycles. The van der Waals surface area contributed by atoms with E-state index in [0.29, 0.717) is 0 Å². The summed E-state index contributed by atoms with van der Waals surface area (Å²) < 4.78 is 8.81. The molecule has 0 radical (unpaired) electrons. The zero-order valence-electron chi connectivity index (χ0n) is 7.57. The Balaban J connectivity index is 3.97. The van der Waals surface area contributed by atoms with Crippen LogP contribution in [-0.2, 0) is 14.3 Å². The number of methoxy groups -OCH3 is 1. The first-order valence-electron chi connectivity index (χ1n) is 3.77. The Hall–Kier alpha value is -1.30. The first-order valence-corrected chi connectivity index (χ1v) is 3.77. The van der Waals surface area contributed by atoms with Gasteiger partial charge in [0.25, 0.3) is 0 Å². The molecule has 0 rings (SSSR count). The van der Waals surface area contributed by atoms with Gasteiger partial charge in [-0.05, 0) is 6.92 Å². The van der Waals surface area contributed by atoms with Crippen molar-refractivity contribution in [3.63, 3.8) is 0 Å². The average molecular weight is 191 g/mol. The van der Waals surface area contributed by atoms with Crippen LogP contribution in [0.4, 0.5) is 4.79 Å². The summed E-state index contributed by atoms with van der Waals surface area (Å²) in [5.74, 6) is -0.712. The van der Waals surface area contributed by atoms with Gasteiger partial charge in [0.2, 0.25) is 0 Å². The molecule has 0 aromatic carbocycles. The zero-order valence-corrected chi connectivity index (χ0v) is 7.57. The minimum absolute atomic E-state index is 0.200. The lowest BCUT2D eigenvalue weighted by molar-refractivity contribution is -0.144. The van der Waals surface area contributed by atoms with Crippen LogP contribution in [0, 0.1) is 0 Å². The molecule has 0 aliphatic heterocycles. The Morgan fingerprint density at radius 2 is 2.15 bits per heavy atom. The van der Waals surface area contributed by atoms with Crippen molar-refractivity contribution in [3.05, 3.63) is 0 Å². The number of aliphatic hydroxyl groups excluding tert-OH is 1. The topological polar surface area (TPSA) is 84.9 Å². The highest BCUT2D eigenvalue weighted by molar-refractivity contribution is 5.81. The predicted molar refractivity (Wildman–Crippen MR) is 43.0 cm³/mol. The van der Waals surface area contributed by atoms with Crippen molar-refractivity contribution < 1.29 is 24.2 Å². The second kappa shape index (κ2) is 6.24. The predicted octanol–water partition coefficient (Wildman–Crippen LogP) is -0.734. The molecule has 0 spiro atoms. The van der Waals surface area contributed by atoms with Crippen LogP contribution < -0.4 is 5.32 Å². The molecular weight excluding hydrogens is 178 g/mol. The summed E-state index contributed by atoms with van der Waals surface area (Å²) in [6.45, 7) is 1.31. The van der Waals surface area contributed by atoms with Crippen molar-refractivity contribution in [1.29, 1.82) is 0 Å². The van der Waals surface area contributed by atoms with Crippen LogP contribution in [0.5, 0.6) is 0 Å². The van der Waals surface area contributed by atoms with Gasteiger partial charge in [-0.1, -0.05) is 0 Å². The standard InChI is InChI=1S/C7H13NO5/c1-3-13-7(11)8-5(4-9)6(10)12-2/h5,9H,3-4H2,1-2H3,(H,8,11)/t5-/m0/s1. The van der Waals surface area contributed by atoms with Gasteiger partial charge in [-0.15, -0.1) is 0 Å². The van der Waals surface area contributed by atoms with E-state index in [0.717, 1.165) is 7.11 Å². The maximum atomic E-state index is 10.8. The third-order valence-corrected chi connectivity index (χ3v) is 1.24. The summed E-state index contributed by atoms with van der Waals surface area (Å²) in [6, 6.07) is -1.07. The van der Waals surface area contributed by atoms with Crippen molar-refractivity contribution in [3.8, 4) is 0 Å². The van der Waals surface area contributed by atoms with E-state index in [1.165, 1.54) is 0 Å². The minimum atomic E-state index is -1.07. The molecule has 1 atom stereocenters. The van der Waals surface area contributed by atoms with Gasteiger partial charge in [-0.3, -0.25) is 0 Å². The molecule has 13 heavy (non-hydrogen) atoms. The molecule has 0 aliphatic rings. The summed E-state index contributed by atoms with van der Waals surface area (Å²) in [7, 11) is 1.16. The third kappa shape index (κ3) is 4.32. The summed E-state index contributed by atoms with van der Waals surface area (Å²) in [5.41, 5.74) is 0. The number of carbonyl (C=O) groups excluding carboxylic acids is 2. The largest absolute Gasteiger partial charge is 0.467 e. The molecule has 0 aliphatic carbocycles. The molecule has 0 bridgehead atoms. The van der Waals surface area contributed by atoms with E-state index in [4.69, 9.17) is 5.11 Å². The molecule has 2 N–H and O–H groups in total. The molecular formula is C7H13NO5. The number of aliphatic hydroxyl groups is 1. The average Bonchev–Trinajstić information content (AvgIpc) is 2.13. The Morgan fingerprint density at radius 1 is 1.54 bits per heavy atom. The monoisotopic (exact) mass is 191 g/mol. The fourth-order valence-corrected chi connectivity index (χ4v) is 0.636. The van der Waals surface area contributed by atoms with E-state index in [9.17, 15) is 9.59 Å². The van der Waals surface area contributed by atoms with Gasteiger partial charge in [0.05, 0.1) is 20.3 Å². The van der Waals surface area contributed by atoms with Gasteiger partial charge in [-0.25, -0.2) is 9.59 Å². The van der Waals surface area contributed by atoms with Gasteiger partial charge in [0.1, 0.15) is 0 Å². The quantitative estimate of drug-likeness (QED) is 0.572. The normalized spacial score (nSPS) is 11.6. The number of nitrogens with one attached hydrogen (secondary N) is 1. The van der Waals surface area contributed by atoms with E-state index in [2.05, 4.69) is 14.8 Å². The van der Waals surface area contributed by atoms with Crippen LogP contribution in [0.3, 0.4) is 0 Å². The highest BCUT2D eigenvalue weighted by Gasteiger charge is 2.20. The van der Waals surface area contributed by atoms with Crippen LogP contribution >= 0.6 is 0 Å². The van der Waals surface area contributed by atoms with Gasteiger partial charge >= 0.3 is 12.1 Å². The molecule has 0 unspecified atom stereocenters. The van der Waals surface area contributed by atoms with Gasteiger partial charge < -0.3 is 19.9 Å². The fourth-order valence-electron chi connectivity index (χ4n) is 0.636. The number of amides is 1. The zero-order chi connectivity index (χ0) is 10.3. The van der Waals surface area contributed by atoms with Crippen molar-refractivity contribution >= 4 is 12.1 Å². The fraction of sp³-hybridized carbons (Fsp3) is 0.714. The molecule has 6 nitrogen and oxygen atoms in total. The molecule has 76 valence electrons. The van der Waals surface area contributed by atoms with E-state index >= 15 is 0 Å². The number of alkyl carbamates (subject to hydrolysis) is 1. The van der Waals surface area contributed by atoms with Gasteiger partial charge in [0.15, 0.2) is 6.04 Å². The number of ether oxygens (including phenoxy) is 2. The van der Waals surface area contributed by atoms with E-state index in [1.54, 1.807) is 6.92 Å². The smallest absolute Gasteiger partial charge is 0.407 e. The van der Waals surface area contributed by atoms with E-state index in [-0.39, 0.29) is 6.61 Å². The summed E-state index contributed by atoms with van der Waals surface area (Å²) in [5, 5.41) is 10.8. The highest BCUT2D eigenvalue weighted by Crippen LogP contribution is 1.88. The summed E-state index contributed by atoms with van der Waals surface area (Å²) in [4.78, 5) is 21.6. The minimum Gasteiger partial charge on any atom is -0.467 e. The molecule has 0 saturated carbocycles. The van der Waals surface area contributed by atoms with Crippen molar-refractivity contribution in [2.24, 2.45) is 0 Å². The number of carbonyl (C=O) groups is 2. The summed E-state index contributed by atoms with van der Waals surface area (Å²) >= 11 is 0. The number of hydrogen-bond acceptors (Lipinski definition) is 5. The van der Waals surface area contributed by atoms with E-state index < -0.39 is 24.7 Å². The van der Waals surface area contributed by atoms with Crippen LogP contribution in [0.15, 0.2) is 0 Å². The molecule has 6 heteroatoms. The highest BCUT2D eigenvalue weighted by atomic mass is 16.6. The maximum absolute atomic E-state index is 10.8. The Bertz CT molecular complexity index is 182. The van der Waals surface area contributed by atoms with Gasteiger partial charge in [0, 0.05) is 0 Å². The van der Waals surface area contributed by atoms with Gasteiger partial charge in [-0.2, -0.15) is 0 Å². The Kier molecular flexibility index (Phi) is 5.62. The molecule has 0 aromatic heterocycles. The second-order valence-electron chi connectivity index (χ2n) is 2.12.